The SMILES string of the molecule is CCCC[C@@H](C(=O)C(=O)N[C@H](C)c1ccccc1)N(C(=O)O)C1(Cc2ccccc2)CCC1. The van der Waals surface area contributed by atoms with E-state index in [1.54, 1.807) is 0 Å². The number of amides is 2. The maximum absolute atomic E-state index is 13.4. The zero-order valence-corrected chi connectivity index (χ0v) is 19.5. The van der Waals surface area contributed by atoms with Crippen molar-refractivity contribution >= 4 is 17.8 Å². The van der Waals surface area contributed by atoms with E-state index in [1.165, 1.54) is 4.90 Å². The van der Waals surface area contributed by atoms with E-state index in [-0.39, 0.29) is 6.04 Å². The average Bonchev–Trinajstić information content (AvgIpc) is 2.80. The molecule has 2 amide bonds. The summed E-state index contributed by atoms with van der Waals surface area (Å²) in [6.45, 7) is 3.81. The third-order valence-electron chi connectivity index (χ3n) is 6.69. The molecular formula is C27H34N2O4. The Kier molecular flexibility index (Phi) is 8.26. The Labute approximate surface area is 196 Å². The van der Waals surface area contributed by atoms with Crippen LogP contribution in [0.1, 0.15) is 69.5 Å². The number of hydrogen-bond donors (Lipinski definition) is 2. The number of nitrogens with one attached hydrogen (secondary N) is 1. The fourth-order valence-electron chi connectivity index (χ4n) is 4.75. The van der Waals surface area contributed by atoms with Gasteiger partial charge in [-0.05, 0) is 50.2 Å². The van der Waals surface area contributed by atoms with Crippen LogP contribution >= 0.6 is 0 Å². The van der Waals surface area contributed by atoms with E-state index in [1.807, 2.05) is 74.5 Å². The predicted molar refractivity (Wildman–Crippen MR) is 128 cm³/mol. The maximum Gasteiger partial charge on any atom is 0.408 e. The number of carbonyl (C=O) groups is 3. The van der Waals surface area contributed by atoms with E-state index < -0.39 is 29.4 Å². The minimum Gasteiger partial charge on any atom is -0.465 e. The first-order valence-corrected chi connectivity index (χ1v) is 11.8. The van der Waals surface area contributed by atoms with E-state index in [9.17, 15) is 19.5 Å². The Balaban J connectivity index is 1.85. The number of carbonyl (C=O) groups excluding carboxylic acids is 2. The van der Waals surface area contributed by atoms with Crippen LogP contribution in [0.5, 0.6) is 0 Å². The molecule has 3 rings (SSSR count). The van der Waals surface area contributed by atoms with Gasteiger partial charge < -0.3 is 10.4 Å². The van der Waals surface area contributed by atoms with Crippen LogP contribution in [0, 0.1) is 0 Å². The lowest BCUT2D eigenvalue weighted by Gasteiger charge is -2.51. The number of carboxylic acid groups (broad SMARTS) is 1. The van der Waals surface area contributed by atoms with Crippen molar-refractivity contribution in [2.24, 2.45) is 0 Å². The standard InChI is InChI=1S/C27H34N2O4/c1-3-4-16-23(24(30)25(31)28-20(2)22-14-9-6-10-15-22)29(26(32)33)27(17-11-18-27)19-21-12-7-5-8-13-21/h5-10,12-15,20,23H,3-4,11,16-19H2,1-2H3,(H,28,31)(H,32,33)/t20-,23+/m1/s1. The lowest BCUT2D eigenvalue weighted by Crippen LogP contribution is -2.64. The Hall–Kier alpha value is -3.15. The molecule has 33 heavy (non-hydrogen) atoms. The molecule has 2 atom stereocenters. The van der Waals surface area contributed by atoms with Gasteiger partial charge in [-0.1, -0.05) is 80.4 Å². The second kappa shape index (κ2) is 11.1. The molecule has 6 nitrogen and oxygen atoms in total. The number of Topliss-reactive ketones (excluding diaryl/α,β-unsaturated/α-hetero) is 1. The van der Waals surface area contributed by atoms with E-state index in [2.05, 4.69) is 5.32 Å². The van der Waals surface area contributed by atoms with Gasteiger partial charge in [0, 0.05) is 0 Å². The number of unbranched alkanes of at least 4 members (excludes halogenated alkanes) is 1. The lowest BCUT2D eigenvalue weighted by molar-refractivity contribution is -0.143. The molecule has 2 aromatic rings. The number of nitrogens with zero attached hydrogens (tertiary/aromatic N) is 1. The summed E-state index contributed by atoms with van der Waals surface area (Å²) in [5.74, 6) is -1.40. The van der Waals surface area contributed by atoms with Gasteiger partial charge in [0.15, 0.2) is 0 Å². The molecule has 0 radical (unpaired) electrons. The van der Waals surface area contributed by atoms with E-state index in [0.717, 1.165) is 24.0 Å². The van der Waals surface area contributed by atoms with Crippen molar-refractivity contribution in [3.63, 3.8) is 0 Å². The van der Waals surface area contributed by atoms with Crippen LogP contribution in [0.25, 0.3) is 0 Å². The van der Waals surface area contributed by atoms with E-state index in [0.29, 0.717) is 32.1 Å². The van der Waals surface area contributed by atoms with Gasteiger partial charge in [-0.25, -0.2) is 4.79 Å². The molecular weight excluding hydrogens is 416 g/mol. The molecule has 176 valence electrons. The van der Waals surface area contributed by atoms with Gasteiger partial charge in [-0.2, -0.15) is 0 Å². The van der Waals surface area contributed by atoms with Gasteiger partial charge in [0.1, 0.15) is 6.04 Å². The molecule has 0 heterocycles. The Morgan fingerprint density at radius 3 is 2.15 bits per heavy atom. The number of benzene rings is 2. The number of ketones is 1. The first-order chi connectivity index (χ1) is 15.9. The first-order valence-electron chi connectivity index (χ1n) is 11.8. The molecule has 2 N–H and O–H groups in total. The van der Waals surface area contributed by atoms with Crippen molar-refractivity contribution in [3.8, 4) is 0 Å². The smallest absolute Gasteiger partial charge is 0.408 e. The second-order valence-electron chi connectivity index (χ2n) is 9.02. The summed E-state index contributed by atoms with van der Waals surface area (Å²) in [5.41, 5.74) is 1.26. The van der Waals surface area contributed by atoms with Gasteiger partial charge in [0.25, 0.3) is 5.91 Å². The van der Waals surface area contributed by atoms with Gasteiger partial charge in [-0.15, -0.1) is 0 Å². The quantitative estimate of drug-likeness (QED) is 0.464. The summed E-state index contributed by atoms with van der Waals surface area (Å²) in [6, 6.07) is 17.8. The summed E-state index contributed by atoms with van der Waals surface area (Å²) < 4.78 is 0. The van der Waals surface area contributed by atoms with Gasteiger partial charge in [0.2, 0.25) is 5.78 Å². The first kappa shape index (κ1) is 24.5. The summed E-state index contributed by atoms with van der Waals surface area (Å²) >= 11 is 0. The molecule has 1 aliphatic carbocycles. The molecule has 0 spiro atoms. The molecule has 0 aromatic heterocycles. The zero-order valence-electron chi connectivity index (χ0n) is 19.5. The van der Waals surface area contributed by atoms with Crippen LogP contribution in [-0.2, 0) is 16.0 Å². The highest BCUT2D eigenvalue weighted by Crippen LogP contribution is 2.42. The molecule has 0 saturated heterocycles. The Morgan fingerprint density at radius 1 is 1.03 bits per heavy atom. The van der Waals surface area contributed by atoms with Crippen molar-refractivity contribution in [3.05, 3.63) is 71.8 Å². The van der Waals surface area contributed by atoms with Crippen molar-refractivity contribution < 1.29 is 19.5 Å². The van der Waals surface area contributed by atoms with Crippen LogP contribution in [0.4, 0.5) is 4.79 Å². The normalized spacial score (nSPS) is 16.2. The zero-order chi connectivity index (χ0) is 23.8. The van der Waals surface area contributed by atoms with Crippen molar-refractivity contribution in [2.45, 2.75) is 76.4 Å². The fourth-order valence-corrected chi connectivity index (χ4v) is 4.75. The molecule has 1 aliphatic rings. The topological polar surface area (TPSA) is 86.7 Å². The van der Waals surface area contributed by atoms with Crippen molar-refractivity contribution in [1.29, 1.82) is 0 Å². The summed E-state index contributed by atoms with van der Waals surface area (Å²) in [6.07, 6.45) is 3.50. The van der Waals surface area contributed by atoms with Gasteiger partial charge in [0.05, 0.1) is 11.6 Å². The van der Waals surface area contributed by atoms with Crippen molar-refractivity contribution in [2.75, 3.05) is 0 Å². The van der Waals surface area contributed by atoms with Crippen LogP contribution in [0.15, 0.2) is 60.7 Å². The third-order valence-corrected chi connectivity index (χ3v) is 6.69. The Bertz CT molecular complexity index is 941. The van der Waals surface area contributed by atoms with Crippen LogP contribution in [0.2, 0.25) is 0 Å². The molecule has 0 unspecified atom stereocenters. The van der Waals surface area contributed by atoms with Crippen LogP contribution in [0.3, 0.4) is 0 Å². The maximum atomic E-state index is 13.4. The molecule has 1 fully saturated rings. The Morgan fingerprint density at radius 2 is 1.64 bits per heavy atom. The van der Waals surface area contributed by atoms with E-state index in [4.69, 9.17) is 0 Å². The number of hydrogen-bond acceptors (Lipinski definition) is 3. The summed E-state index contributed by atoms with van der Waals surface area (Å²) in [5, 5.41) is 13.0. The lowest BCUT2D eigenvalue weighted by atomic mass is 9.70. The number of rotatable bonds is 11. The highest BCUT2D eigenvalue weighted by molar-refractivity contribution is 6.38. The molecule has 0 bridgehead atoms. The predicted octanol–water partition coefficient (Wildman–Crippen LogP) is 5.14. The molecule has 6 heteroatoms. The fraction of sp³-hybridized carbons (Fsp3) is 0.444. The molecule has 1 saturated carbocycles. The monoisotopic (exact) mass is 450 g/mol. The summed E-state index contributed by atoms with van der Waals surface area (Å²) in [7, 11) is 0. The minimum absolute atomic E-state index is 0.339. The van der Waals surface area contributed by atoms with Crippen molar-refractivity contribution in [1.82, 2.24) is 10.2 Å². The van der Waals surface area contributed by atoms with Crippen LogP contribution < -0.4 is 5.32 Å². The minimum atomic E-state index is -1.14. The molecule has 0 aliphatic heterocycles. The largest absolute Gasteiger partial charge is 0.465 e. The van der Waals surface area contributed by atoms with Gasteiger partial charge in [-0.3, -0.25) is 14.5 Å². The highest BCUT2D eigenvalue weighted by Gasteiger charge is 2.50. The average molecular weight is 451 g/mol. The molecule has 2 aromatic carbocycles. The second-order valence-corrected chi connectivity index (χ2v) is 9.02. The highest BCUT2D eigenvalue weighted by atomic mass is 16.4. The third kappa shape index (κ3) is 5.81. The van der Waals surface area contributed by atoms with Crippen LogP contribution in [-0.4, -0.2) is 39.4 Å². The summed E-state index contributed by atoms with van der Waals surface area (Å²) in [4.78, 5) is 40.2. The van der Waals surface area contributed by atoms with Gasteiger partial charge >= 0.3 is 6.09 Å². The van der Waals surface area contributed by atoms with E-state index >= 15 is 0 Å².